The molecule has 0 aliphatic rings. The van der Waals surface area contributed by atoms with Crippen LogP contribution < -0.4 is 17.2 Å². The van der Waals surface area contributed by atoms with Crippen LogP contribution in [0.4, 0.5) is 10.1 Å². The highest BCUT2D eigenvalue weighted by molar-refractivity contribution is 9.10. The summed E-state index contributed by atoms with van der Waals surface area (Å²) in [5.41, 5.74) is 14.9. The van der Waals surface area contributed by atoms with Crippen LogP contribution in [0.1, 0.15) is 0 Å². The number of benzene rings is 1. The van der Waals surface area contributed by atoms with Crippen molar-refractivity contribution in [2.24, 2.45) is 15.9 Å². The van der Waals surface area contributed by atoms with Gasteiger partial charge in [0.15, 0.2) is 0 Å². The Kier molecular flexibility index (Phi) is 3.38. The van der Waals surface area contributed by atoms with Gasteiger partial charge in [0.2, 0.25) is 5.96 Å². The predicted molar refractivity (Wildman–Crippen MR) is 61.5 cm³/mol. The van der Waals surface area contributed by atoms with Gasteiger partial charge in [-0.3, -0.25) is 0 Å². The average Bonchev–Trinajstić information content (AvgIpc) is 2.08. The first-order chi connectivity index (χ1) is 7.24. The summed E-state index contributed by atoms with van der Waals surface area (Å²) in [5, 5.41) is 0. The minimum absolute atomic E-state index is 0.01000. The van der Waals surface area contributed by atoms with Crippen LogP contribution in [0.3, 0.4) is 0 Å². The van der Waals surface area contributed by atoms with Crippen LogP contribution in [0.15, 0.2) is 25.9 Å². The summed E-state index contributed by atoms with van der Waals surface area (Å²) in [6.45, 7) is 0. The van der Waals surface area contributed by atoms with E-state index in [-0.39, 0.29) is 15.1 Å². The molecule has 1 rings (SSSR count). The Morgan fingerprint density at radius 3 is 2.44 bits per heavy atom. The molecule has 16 heavy (non-hydrogen) atoms. The zero-order chi connectivity index (χ0) is 12.5. The third kappa shape index (κ3) is 2.61. The molecular weight excluding hydrogens is 303 g/mol. The molecule has 0 aliphatic carbocycles. The van der Waals surface area contributed by atoms with Gasteiger partial charge < -0.3 is 17.2 Å². The number of anilines is 1. The van der Waals surface area contributed by atoms with Gasteiger partial charge in [-0.05, 0) is 28.1 Å². The van der Waals surface area contributed by atoms with Crippen molar-refractivity contribution in [3.63, 3.8) is 0 Å². The van der Waals surface area contributed by atoms with Gasteiger partial charge >= 0.3 is 0 Å². The van der Waals surface area contributed by atoms with Gasteiger partial charge in [-0.1, -0.05) is 0 Å². The number of sulfonamides is 1. The van der Waals surface area contributed by atoms with E-state index in [9.17, 15) is 12.8 Å². The summed E-state index contributed by atoms with van der Waals surface area (Å²) < 4.78 is 39.2. The molecule has 6 N–H and O–H groups in total. The van der Waals surface area contributed by atoms with Gasteiger partial charge in [0.05, 0.1) is 5.69 Å². The van der Waals surface area contributed by atoms with E-state index >= 15 is 0 Å². The third-order valence-electron chi connectivity index (χ3n) is 1.55. The smallest absolute Gasteiger partial charge is 0.286 e. The second-order valence-electron chi connectivity index (χ2n) is 2.80. The lowest BCUT2D eigenvalue weighted by Crippen LogP contribution is -2.24. The van der Waals surface area contributed by atoms with Crippen LogP contribution in [0, 0.1) is 5.82 Å². The first-order valence-electron chi connectivity index (χ1n) is 3.84. The number of nitrogen functional groups attached to an aromatic ring is 1. The van der Waals surface area contributed by atoms with Gasteiger partial charge in [-0.25, -0.2) is 4.39 Å². The molecule has 0 unspecified atom stereocenters. The van der Waals surface area contributed by atoms with E-state index in [0.29, 0.717) is 0 Å². The Hall–Kier alpha value is -1.35. The Morgan fingerprint density at radius 2 is 1.94 bits per heavy atom. The molecule has 0 atom stereocenters. The number of guanidine groups is 1. The predicted octanol–water partition coefficient (Wildman–Crippen LogP) is 0.132. The van der Waals surface area contributed by atoms with E-state index in [0.717, 1.165) is 12.1 Å². The van der Waals surface area contributed by atoms with Gasteiger partial charge in [0.25, 0.3) is 10.0 Å². The Bertz CT molecular complexity index is 554. The highest BCUT2D eigenvalue weighted by Crippen LogP contribution is 2.27. The van der Waals surface area contributed by atoms with E-state index in [4.69, 9.17) is 17.2 Å². The van der Waals surface area contributed by atoms with E-state index in [1.165, 1.54) is 0 Å². The summed E-state index contributed by atoms with van der Waals surface area (Å²) >= 11 is 2.88. The van der Waals surface area contributed by atoms with Crippen molar-refractivity contribution in [2.75, 3.05) is 5.73 Å². The number of rotatable bonds is 2. The summed E-state index contributed by atoms with van der Waals surface area (Å²) in [4.78, 5) is -0.306. The second kappa shape index (κ2) is 4.26. The van der Waals surface area contributed by atoms with Crippen LogP contribution in [0.5, 0.6) is 0 Å². The van der Waals surface area contributed by atoms with Crippen molar-refractivity contribution in [2.45, 2.75) is 4.90 Å². The molecule has 0 spiro atoms. The maximum Gasteiger partial charge on any atom is 0.286 e. The molecule has 0 saturated heterocycles. The summed E-state index contributed by atoms with van der Waals surface area (Å²) in [6.07, 6.45) is 0. The van der Waals surface area contributed by atoms with Crippen molar-refractivity contribution in [1.82, 2.24) is 0 Å². The summed E-state index contributed by atoms with van der Waals surface area (Å²) in [6, 6.07) is 1.85. The fourth-order valence-corrected chi connectivity index (χ4v) is 2.82. The third-order valence-corrected chi connectivity index (χ3v) is 3.82. The molecule has 1 aromatic rings. The topological polar surface area (TPSA) is 125 Å². The molecule has 0 radical (unpaired) electrons. The summed E-state index contributed by atoms with van der Waals surface area (Å²) in [7, 11) is -4.09. The number of hydrogen-bond acceptors (Lipinski definition) is 3. The molecule has 88 valence electrons. The molecule has 9 heteroatoms. The molecule has 0 aliphatic heterocycles. The zero-order valence-electron chi connectivity index (χ0n) is 7.81. The van der Waals surface area contributed by atoms with Crippen molar-refractivity contribution < 1.29 is 12.8 Å². The quantitative estimate of drug-likeness (QED) is 0.407. The molecule has 0 bridgehead atoms. The fraction of sp³-hybridized carbons (Fsp3) is 0. The van der Waals surface area contributed by atoms with Crippen molar-refractivity contribution in [3.05, 3.63) is 22.4 Å². The fourth-order valence-electron chi connectivity index (χ4n) is 0.930. The lowest BCUT2D eigenvalue weighted by Gasteiger charge is -2.04. The maximum atomic E-state index is 13.0. The van der Waals surface area contributed by atoms with Gasteiger partial charge in [-0.15, -0.1) is 4.40 Å². The molecular formula is C7H8BrFN4O2S. The van der Waals surface area contributed by atoms with Crippen molar-refractivity contribution in [3.8, 4) is 0 Å². The molecule has 0 heterocycles. The van der Waals surface area contributed by atoms with E-state index in [1.807, 2.05) is 0 Å². The first-order valence-corrected chi connectivity index (χ1v) is 6.08. The highest BCUT2D eigenvalue weighted by Gasteiger charge is 2.19. The highest BCUT2D eigenvalue weighted by atomic mass is 79.9. The lowest BCUT2D eigenvalue weighted by atomic mass is 10.3. The minimum Gasteiger partial charge on any atom is -0.396 e. The Labute approximate surface area is 99.5 Å². The largest absolute Gasteiger partial charge is 0.396 e. The number of halogens is 2. The number of hydrogen-bond donors (Lipinski definition) is 3. The van der Waals surface area contributed by atoms with Gasteiger partial charge in [0.1, 0.15) is 10.7 Å². The monoisotopic (exact) mass is 310 g/mol. The van der Waals surface area contributed by atoms with Gasteiger partial charge in [-0.2, -0.15) is 8.42 Å². The molecule has 0 amide bonds. The van der Waals surface area contributed by atoms with Crippen LogP contribution in [0.25, 0.3) is 0 Å². The average molecular weight is 311 g/mol. The molecule has 0 aromatic heterocycles. The van der Waals surface area contributed by atoms with E-state index in [2.05, 4.69) is 20.3 Å². The zero-order valence-corrected chi connectivity index (χ0v) is 10.2. The number of nitrogens with two attached hydrogens (primary N) is 3. The van der Waals surface area contributed by atoms with E-state index < -0.39 is 21.8 Å². The number of nitrogens with zero attached hydrogens (tertiary/aromatic N) is 1. The van der Waals surface area contributed by atoms with Crippen LogP contribution in [-0.2, 0) is 10.0 Å². The molecule has 0 fully saturated rings. The van der Waals surface area contributed by atoms with Crippen molar-refractivity contribution >= 4 is 37.6 Å². The van der Waals surface area contributed by atoms with Crippen LogP contribution in [-0.4, -0.2) is 14.4 Å². The molecule has 1 aromatic carbocycles. The maximum absolute atomic E-state index is 13.0. The Balaban J connectivity index is 3.46. The Morgan fingerprint density at radius 1 is 1.38 bits per heavy atom. The standard InChI is InChI=1S/C7H8BrFN4O2S/c8-3-1-4(9)5(10)2-6(3)16(14,15)13-7(11)12/h1-2H,10H2,(H4,11,12,13). The molecule has 0 saturated carbocycles. The van der Waals surface area contributed by atoms with Gasteiger partial charge in [0, 0.05) is 4.47 Å². The first kappa shape index (κ1) is 12.7. The molecule has 6 nitrogen and oxygen atoms in total. The minimum atomic E-state index is -4.09. The van der Waals surface area contributed by atoms with Crippen LogP contribution in [0.2, 0.25) is 0 Å². The van der Waals surface area contributed by atoms with Crippen molar-refractivity contribution in [1.29, 1.82) is 0 Å². The SMILES string of the molecule is NC(N)=NS(=O)(=O)c1cc(N)c(F)cc1Br. The lowest BCUT2D eigenvalue weighted by molar-refractivity contribution is 0.596. The van der Waals surface area contributed by atoms with E-state index in [1.54, 1.807) is 0 Å². The van der Waals surface area contributed by atoms with Crippen LogP contribution >= 0.6 is 15.9 Å². The summed E-state index contributed by atoms with van der Waals surface area (Å²) in [5.74, 6) is -1.36. The normalized spacial score (nSPS) is 11.1. The second-order valence-corrected chi connectivity index (χ2v) is 5.22.